The Morgan fingerprint density at radius 1 is 1.28 bits per heavy atom. The number of nitrogens with zero attached hydrogens (tertiary/aromatic N) is 4. The number of rotatable bonds is 8. The Morgan fingerprint density at radius 2 is 2.17 bits per heavy atom. The summed E-state index contributed by atoms with van der Waals surface area (Å²) in [6.07, 6.45) is 7.69. The van der Waals surface area contributed by atoms with Gasteiger partial charge in [-0.1, -0.05) is 6.07 Å². The third kappa shape index (κ3) is 4.63. The van der Waals surface area contributed by atoms with Crippen molar-refractivity contribution >= 4 is 17.3 Å². The molecule has 0 unspecified atom stereocenters. The van der Waals surface area contributed by atoms with E-state index in [9.17, 15) is 0 Å². The average Bonchev–Trinajstić information content (AvgIpc) is 3.44. The maximum Gasteiger partial charge on any atom is 0.170 e. The third-order valence-corrected chi connectivity index (χ3v) is 6.15. The molecule has 0 radical (unpaired) electrons. The minimum absolute atomic E-state index is 0.0428. The lowest BCUT2D eigenvalue weighted by Crippen LogP contribution is -2.33. The topological polar surface area (TPSA) is 45.6 Å². The minimum atomic E-state index is 0.0428. The van der Waals surface area contributed by atoms with Gasteiger partial charge in [0.2, 0.25) is 0 Å². The van der Waals surface area contributed by atoms with Gasteiger partial charge in [0, 0.05) is 37.8 Å². The number of nitrogens with one attached hydrogen (secondary N) is 1. The second-order valence-corrected chi connectivity index (χ2v) is 8.58. The largest absolute Gasteiger partial charge is 0.376 e. The first kappa shape index (κ1) is 20.3. The molecule has 3 atom stereocenters. The van der Waals surface area contributed by atoms with Crippen LogP contribution in [-0.2, 0) is 11.3 Å². The van der Waals surface area contributed by atoms with E-state index in [4.69, 9.17) is 17.0 Å². The Hall–Kier alpha value is -1.96. The van der Waals surface area contributed by atoms with E-state index < -0.39 is 0 Å². The lowest BCUT2D eigenvalue weighted by molar-refractivity contribution is 0.0953. The molecule has 29 heavy (non-hydrogen) atoms. The molecule has 4 heterocycles. The van der Waals surface area contributed by atoms with Crippen molar-refractivity contribution in [1.82, 2.24) is 24.7 Å². The fraction of sp³-hybridized carbons (Fsp3) is 0.545. The summed E-state index contributed by atoms with van der Waals surface area (Å²) in [6, 6.07) is 10.6. The van der Waals surface area contributed by atoms with Gasteiger partial charge in [-0.05, 0) is 76.4 Å². The van der Waals surface area contributed by atoms with Crippen molar-refractivity contribution in [3.05, 3.63) is 54.1 Å². The second-order valence-electron chi connectivity index (χ2n) is 8.20. The smallest absolute Gasteiger partial charge is 0.170 e. The van der Waals surface area contributed by atoms with Gasteiger partial charge >= 0.3 is 0 Å². The number of thiocarbonyl (C=S) groups is 1. The van der Waals surface area contributed by atoms with Crippen molar-refractivity contribution < 1.29 is 4.74 Å². The first-order valence-corrected chi connectivity index (χ1v) is 10.9. The van der Waals surface area contributed by atoms with E-state index in [1.54, 1.807) is 0 Å². The summed E-state index contributed by atoms with van der Waals surface area (Å²) in [7, 11) is 4.23. The van der Waals surface area contributed by atoms with E-state index >= 15 is 0 Å². The van der Waals surface area contributed by atoms with Gasteiger partial charge in [-0.3, -0.25) is 4.98 Å². The number of hydrogen-bond donors (Lipinski definition) is 1. The Balaban J connectivity index is 1.62. The van der Waals surface area contributed by atoms with Crippen molar-refractivity contribution in [1.29, 1.82) is 0 Å². The van der Waals surface area contributed by atoms with Crippen LogP contribution in [0.2, 0.25) is 0 Å². The highest BCUT2D eigenvalue weighted by molar-refractivity contribution is 7.80. The fourth-order valence-electron chi connectivity index (χ4n) is 4.39. The minimum Gasteiger partial charge on any atom is -0.376 e. The summed E-state index contributed by atoms with van der Waals surface area (Å²) in [4.78, 5) is 9.21. The van der Waals surface area contributed by atoms with Gasteiger partial charge in [0.1, 0.15) is 0 Å². The summed E-state index contributed by atoms with van der Waals surface area (Å²) in [5.74, 6) is 0. The Bertz CT molecular complexity index is 803. The molecule has 6 nitrogen and oxygen atoms in total. The quantitative estimate of drug-likeness (QED) is 0.672. The standard InChI is InChI=1S/C22H31N5OS/c1-25(2)12-7-14-27-21(20(24-22(27)29)18-9-3-4-11-23-18)19-10-5-13-26(19)16-17-8-6-15-28-17/h3-5,9-11,13,17,20-21H,6-8,12,14-16H2,1-2H3,(H,24,29)/t17-,20+,21-/m0/s1. The van der Waals surface area contributed by atoms with Crippen molar-refractivity contribution in [3.8, 4) is 0 Å². The molecule has 7 heteroatoms. The summed E-state index contributed by atoms with van der Waals surface area (Å²) in [5, 5.41) is 4.37. The molecule has 2 aromatic heterocycles. The molecule has 2 aromatic rings. The fourth-order valence-corrected chi connectivity index (χ4v) is 4.73. The van der Waals surface area contributed by atoms with E-state index in [0.717, 1.165) is 56.3 Å². The molecule has 156 valence electrons. The monoisotopic (exact) mass is 413 g/mol. The Morgan fingerprint density at radius 3 is 2.90 bits per heavy atom. The summed E-state index contributed by atoms with van der Waals surface area (Å²) in [6.45, 7) is 3.73. The molecule has 2 fully saturated rings. The van der Waals surface area contributed by atoms with Crippen molar-refractivity contribution in [3.63, 3.8) is 0 Å². The molecular formula is C22H31N5OS. The average molecular weight is 414 g/mol. The second kappa shape index (κ2) is 9.24. The van der Waals surface area contributed by atoms with Crippen LogP contribution in [-0.4, -0.2) is 64.4 Å². The molecule has 0 aliphatic carbocycles. The predicted octanol–water partition coefficient (Wildman–Crippen LogP) is 2.99. The Labute approximate surface area is 178 Å². The van der Waals surface area contributed by atoms with Gasteiger partial charge in [0.05, 0.1) is 23.9 Å². The number of pyridine rings is 1. The highest BCUT2D eigenvalue weighted by atomic mass is 32.1. The molecule has 0 aromatic carbocycles. The van der Waals surface area contributed by atoms with Crippen LogP contribution in [0.25, 0.3) is 0 Å². The lowest BCUT2D eigenvalue weighted by atomic mass is 10.0. The van der Waals surface area contributed by atoms with Crippen molar-refractivity contribution in [2.45, 2.75) is 44.0 Å². The van der Waals surface area contributed by atoms with Crippen LogP contribution in [0.5, 0.6) is 0 Å². The van der Waals surface area contributed by atoms with Gasteiger partial charge in [0.25, 0.3) is 0 Å². The van der Waals surface area contributed by atoms with Crippen LogP contribution in [0.3, 0.4) is 0 Å². The summed E-state index contributed by atoms with van der Waals surface area (Å²) >= 11 is 5.77. The van der Waals surface area contributed by atoms with E-state index in [0.29, 0.717) is 6.10 Å². The molecule has 0 amide bonds. The molecule has 2 saturated heterocycles. The molecule has 2 aliphatic heterocycles. The van der Waals surface area contributed by atoms with Crippen LogP contribution < -0.4 is 5.32 Å². The Kier molecular flexibility index (Phi) is 6.47. The maximum atomic E-state index is 5.90. The highest BCUT2D eigenvalue weighted by Crippen LogP contribution is 2.39. The lowest BCUT2D eigenvalue weighted by Gasteiger charge is -2.29. The van der Waals surface area contributed by atoms with E-state index in [1.165, 1.54) is 5.69 Å². The van der Waals surface area contributed by atoms with E-state index in [2.05, 4.69) is 63.2 Å². The van der Waals surface area contributed by atoms with Gasteiger partial charge in [0.15, 0.2) is 5.11 Å². The first-order chi connectivity index (χ1) is 14.1. The summed E-state index contributed by atoms with van der Waals surface area (Å²) < 4.78 is 8.25. The SMILES string of the molecule is CN(C)CCCN1C(=S)N[C@H](c2ccccn2)[C@@H]1c1cccn1C[C@@H]1CCCO1. The van der Waals surface area contributed by atoms with E-state index in [-0.39, 0.29) is 12.1 Å². The number of ether oxygens (including phenoxy) is 1. The van der Waals surface area contributed by atoms with Crippen LogP contribution in [0, 0.1) is 0 Å². The maximum absolute atomic E-state index is 5.90. The van der Waals surface area contributed by atoms with Crippen LogP contribution in [0.1, 0.15) is 42.7 Å². The van der Waals surface area contributed by atoms with Gasteiger partial charge in [-0.25, -0.2) is 0 Å². The molecule has 4 rings (SSSR count). The van der Waals surface area contributed by atoms with Crippen LogP contribution in [0.15, 0.2) is 42.7 Å². The molecule has 0 saturated carbocycles. The van der Waals surface area contributed by atoms with Crippen molar-refractivity contribution in [2.75, 3.05) is 33.8 Å². The molecule has 1 N–H and O–H groups in total. The van der Waals surface area contributed by atoms with Gasteiger partial charge in [-0.15, -0.1) is 0 Å². The van der Waals surface area contributed by atoms with Crippen LogP contribution >= 0.6 is 12.2 Å². The molecule has 2 aliphatic rings. The normalized spacial score (nSPS) is 24.4. The zero-order chi connectivity index (χ0) is 20.2. The third-order valence-electron chi connectivity index (χ3n) is 5.79. The number of aromatic nitrogens is 2. The first-order valence-electron chi connectivity index (χ1n) is 10.5. The molecular weight excluding hydrogens is 382 g/mol. The molecule has 0 spiro atoms. The zero-order valence-corrected chi connectivity index (χ0v) is 18.1. The van der Waals surface area contributed by atoms with Gasteiger partial charge < -0.3 is 24.4 Å². The van der Waals surface area contributed by atoms with Gasteiger partial charge in [-0.2, -0.15) is 0 Å². The zero-order valence-electron chi connectivity index (χ0n) is 17.3. The number of hydrogen-bond acceptors (Lipinski definition) is 4. The molecule has 0 bridgehead atoms. The summed E-state index contributed by atoms with van der Waals surface area (Å²) in [5.41, 5.74) is 2.30. The van der Waals surface area contributed by atoms with Crippen molar-refractivity contribution in [2.24, 2.45) is 0 Å². The van der Waals surface area contributed by atoms with Crippen LogP contribution in [0.4, 0.5) is 0 Å². The van der Waals surface area contributed by atoms with E-state index in [1.807, 2.05) is 18.3 Å². The highest BCUT2D eigenvalue weighted by Gasteiger charge is 2.41. The predicted molar refractivity (Wildman–Crippen MR) is 119 cm³/mol.